The molecule has 0 aliphatic heterocycles. The lowest BCUT2D eigenvalue weighted by atomic mass is 10.2. The lowest BCUT2D eigenvalue weighted by Crippen LogP contribution is -2.11. The Morgan fingerprint density at radius 3 is 2.85 bits per heavy atom. The number of hydrogen-bond donors (Lipinski definition) is 1. The summed E-state index contributed by atoms with van der Waals surface area (Å²) in [6.45, 7) is 4.04. The Hall–Kier alpha value is -2.44. The van der Waals surface area contributed by atoms with Crippen molar-refractivity contribution in [3.63, 3.8) is 0 Å². The van der Waals surface area contributed by atoms with Crippen LogP contribution < -0.4 is 4.74 Å². The summed E-state index contributed by atoms with van der Waals surface area (Å²) in [6.07, 6.45) is 1.42. The van der Waals surface area contributed by atoms with Gasteiger partial charge in [0.15, 0.2) is 5.82 Å². The molecule has 2 aromatic rings. The lowest BCUT2D eigenvalue weighted by Gasteiger charge is -2.10. The van der Waals surface area contributed by atoms with Gasteiger partial charge in [0, 0.05) is 12.1 Å². The minimum absolute atomic E-state index is 0.129. The SMILES string of the molecule is CC(C)n1ncnc1COc1ccc(C(=O)O)c(F)c1. The molecule has 0 amide bonds. The first-order chi connectivity index (χ1) is 9.49. The molecular weight excluding hydrogens is 265 g/mol. The molecule has 1 heterocycles. The molecule has 0 fully saturated rings. The van der Waals surface area contributed by atoms with Crippen LogP contribution in [-0.2, 0) is 6.61 Å². The average Bonchev–Trinajstić information content (AvgIpc) is 2.84. The summed E-state index contributed by atoms with van der Waals surface area (Å²) in [7, 11) is 0. The van der Waals surface area contributed by atoms with Gasteiger partial charge in [0.1, 0.15) is 24.5 Å². The molecule has 7 heteroatoms. The molecule has 1 aromatic carbocycles. The molecule has 1 aromatic heterocycles. The predicted molar refractivity (Wildman–Crippen MR) is 68.1 cm³/mol. The number of ether oxygens (including phenoxy) is 1. The van der Waals surface area contributed by atoms with Gasteiger partial charge in [-0.25, -0.2) is 18.9 Å². The van der Waals surface area contributed by atoms with Crippen LogP contribution in [0.2, 0.25) is 0 Å². The second-order valence-electron chi connectivity index (χ2n) is 4.45. The highest BCUT2D eigenvalue weighted by Gasteiger charge is 2.12. The molecule has 6 nitrogen and oxygen atoms in total. The van der Waals surface area contributed by atoms with E-state index in [4.69, 9.17) is 9.84 Å². The summed E-state index contributed by atoms with van der Waals surface area (Å²) >= 11 is 0. The number of carboxylic acids is 1. The van der Waals surface area contributed by atoms with Crippen molar-refractivity contribution in [3.05, 3.63) is 41.7 Å². The van der Waals surface area contributed by atoms with Gasteiger partial charge in [0.25, 0.3) is 0 Å². The molecule has 0 aliphatic carbocycles. The van der Waals surface area contributed by atoms with Crippen molar-refractivity contribution < 1.29 is 19.0 Å². The molecule has 0 atom stereocenters. The monoisotopic (exact) mass is 279 g/mol. The van der Waals surface area contributed by atoms with Crippen LogP contribution in [0.4, 0.5) is 4.39 Å². The number of aromatic nitrogens is 3. The van der Waals surface area contributed by atoms with E-state index in [-0.39, 0.29) is 24.0 Å². The van der Waals surface area contributed by atoms with E-state index in [9.17, 15) is 9.18 Å². The molecule has 0 radical (unpaired) electrons. The maximum atomic E-state index is 13.5. The molecule has 0 bridgehead atoms. The number of carboxylic acid groups (broad SMARTS) is 1. The number of halogens is 1. The van der Waals surface area contributed by atoms with Crippen molar-refractivity contribution in [1.82, 2.24) is 14.8 Å². The molecule has 0 spiro atoms. The minimum atomic E-state index is -1.31. The van der Waals surface area contributed by atoms with Crippen molar-refractivity contribution >= 4 is 5.97 Å². The Bertz CT molecular complexity index is 625. The smallest absolute Gasteiger partial charge is 0.338 e. The fraction of sp³-hybridized carbons (Fsp3) is 0.308. The molecule has 1 N–H and O–H groups in total. The van der Waals surface area contributed by atoms with Crippen LogP contribution in [0, 0.1) is 5.82 Å². The summed E-state index contributed by atoms with van der Waals surface area (Å²) in [5.74, 6) is -1.29. The third-order valence-corrected chi connectivity index (χ3v) is 2.68. The summed E-state index contributed by atoms with van der Waals surface area (Å²) in [5, 5.41) is 12.8. The van der Waals surface area contributed by atoms with Gasteiger partial charge in [-0.05, 0) is 26.0 Å². The molecule has 0 aliphatic rings. The maximum absolute atomic E-state index is 13.5. The van der Waals surface area contributed by atoms with Crippen LogP contribution in [0.25, 0.3) is 0 Å². The largest absolute Gasteiger partial charge is 0.486 e. The van der Waals surface area contributed by atoms with Crippen molar-refractivity contribution in [3.8, 4) is 5.75 Å². The van der Waals surface area contributed by atoms with E-state index >= 15 is 0 Å². The standard InChI is InChI=1S/C13H14FN3O3/c1-8(2)17-12(15-7-16-17)6-20-9-3-4-10(13(18)19)11(14)5-9/h3-5,7-8H,6H2,1-2H3,(H,18,19). The van der Waals surface area contributed by atoms with E-state index in [0.29, 0.717) is 5.82 Å². The first kappa shape index (κ1) is 14.0. The van der Waals surface area contributed by atoms with Gasteiger partial charge in [-0.1, -0.05) is 0 Å². The highest BCUT2D eigenvalue weighted by atomic mass is 19.1. The Kier molecular flexibility index (Phi) is 3.97. The number of nitrogens with zero attached hydrogens (tertiary/aromatic N) is 3. The summed E-state index contributed by atoms with van der Waals surface area (Å²) < 4.78 is 20.6. The number of carbonyl (C=O) groups is 1. The fourth-order valence-corrected chi connectivity index (χ4v) is 1.72. The van der Waals surface area contributed by atoms with E-state index in [2.05, 4.69) is 10.1 Å². The number of benzene rings is 1. The number of hydrogen-bond acceptors (Lipinski definition) is 4. The van der Waals surface area contributed by atoms with Gasteiger partial charge in [-0.15, -0.1) is 0 Å². The van der Waals surface area contributed by atoms with Gasteiger partial charge in [0.05, 0.1) is 5.56 Å². The Labute approximate surface area is 114 Å². The van der Waals surface area contributed by atoms with Crippen LogP contribution >= 0.6 is 0 Å². The zero-order valence-electron chi connectivity index (χ0n) is 11.1. The zero-order valence-corrected chi connectivity index (χ0v) is 11.1. The second-order valence-corrected chi connectivity index (χ2v) is 4.45. The third kappa shape index (κ3) is 2.93. The minimum Gasteiger partial charge on any atom is -0.486 e. The summed E-state index contributed by atoms with van der Waals surface area (Å²) in [4.78, 5) is 14.8. The topological polar surface area (TPSA) is 77.2 Å². The van der Waals surface area contributed by atoms with E-state index < -0.39 is 11.8 Å². The average molecular weight is 279 g/mol. The molecule has 20 heavy (non-hydrogen) atoms. The number of rotatable bonds is 5. The summed E-state index contributed by atoms with van der Waals surface area (Å²) in [5.41, 5.74) is -0.386. The first-order valence-corrected chi connectivity index (χ1v) is 6.03. The van der Waals surface area contributed by atoms with Crippen LogP contribution in [0.1, 0.15) is 36.1 Å². The Morgan fingerprint density at radius 2 is 2.25 bits per heavy atom. The summed E-state index contributed by atoms with van der Waals surface area (Å²) in [6, 6.07) is 3.75. The van der Waals surface area contributed by atoms with E-state index in [1.54, 1.807) is 4.68 Å². The Balaban J connectivity index is 2.09. The maximum Gasteiger partial charge on any atom is 0.338 e. The van der Waals surface area contributed by atoms with E-state index in [0.717, 1.165) is 6.07 Å². The predicted octanol–water partition coefficient (Wildman–Crippen LogP) is 2.28. The first-order valence-electron chi connectivity index (χ1n) is 6.03. The zero-order chi connectivity index (χ0) is 14.7. The quantitative estimate of drug-likeness (QED) is 0.908. The highest BCUT2D eigenvalue weighted by Crippen LogP contribution is 2.18. The number of aromatic carboxylic acids is 1. The van der Waals surface area contributed by atoms with Crippen LogP contribution in [0.15, 0.2) is 24.5 Å². The third-order valence-electron chi connectivity index (χ3n) is 2.68. The molecule has 0 saturated carbocycles. The molecule has 106 valence electrons. The molecular formula is C13H14FN3O3. The van der Waals surface area contributed by atoms with Crippen molar-refractivity contribution in [1.29, 1.82) is 0 Å². The fourth-order valence-electron chi connectivity index (χ4n) is 1.72. The van der Waals surface area contributed by atoms with Gasteiger partial charge < -0.3 is 9.84 Å². The molecule has 0 saturated heterocycles. The normalized spacial score (nSPS) is 10.8. The van der Waals surface area contributed by atoms with Crippen molar-refractivity contribution in [2.45, 2.75) is 26.5 Å². The van der Waals surface area contributed by atoms with Gasteiger partial charge in [-0.3, -0.25) is 0 Å². The van der Waals surface area contributed by atoms with Crippen molar-refractivity contribution in [2.24, 2.45) is 0 Å². The van der Waals surface area contributed by atoms with Crippen LogP contribution in [0.3, 0.4) is 0 Å². The van der Waals surface area contributed by atoms with Gasteiger partial charge in [-0.2, -0.15) is 5.10 Å². The van der Waals surface area contributed by atoms with Crippen LogP contribution in [-0.4, -0.2) is 25.8 Å². The van der Waals surface area contributed by atoms with Gasteiger partial charge >= 0.3 is 5.97 Å². The van der Waals surface area contributed by atoms with E-state index in [1.807, 2.05) is 13.8 Å². The van der Waals surface area contributed by atoms with E-state index in [1.165, 1.54) is 18.5 Å². The van der Waals surface area contributed by atoms with Crippen LogP contribution in [0.5, 0.6) is 5.75 Å². The highest BCUT2D eigenvalue weighted by molar-refractivity contribution is 5.88. The van der Waals surface area contributed by atoms with Crippen molar-refractivity contribution in [2.75, 3.05) is 0 Å². The Morgan fingerprint density at radius 1 is 1.50 bits per heavy atom. The lowest BCUT2D eigenvalue weighted by molar-refractivity contribution is 0.0692. The molecule has 0 unspecified atom stereocenters. The molecule has 2 rings (SSSR count). The van der Waals surface area contributed by atoms with Gasteiger partial charge in [0.2, 0.25) is 0 Å². The second kappa shape index (κ2) is 5.68.